The number of nitro benzene ring substituents is 1. The SMILES string of the molecule is N#CNC(=S)c1ccc([N+](=O)[O-])cc1. The largest absolute Gasteiger partial charge is 0.283 e. The maximum Gasteiger partial charge on any atom is 0.269 e. The topological polar surface area (TPSA) is 79.0 Å². The molecule has 70 valence electrons. The third kappa shape index (κ3) is 2.24. The fourth-order valence-corrected chi connectivity index (χ4v) is 1.04. The van der Waals surface area contributed by atoms with Crippen LogP contribution in [0.15, 0.2) is 24.3 Å². The molecule has 0 atom stereocenters. The lowest BCUT2D eigenvalue weighted by Gasteiger charge is -1.99. The van der Waals surface area contributed by atoms with E-state index < -0.39 is 4.92 Å². The molecule has 0 aromatic heterocycles. The first kappa shape index (κ1) is 10.1. The summed E-state index contributed by atoms with van der Waals surface area (Å²) in [5.74, 6) is 0. The predicted molar refractivity (Wildman–Crippen MR) is 53.5 cm³/mol. The molecule has 0 aliphatic heterocycles. The number of hydrogen-bond donors (Lipinski definition) is 1. The Kier molecular flexibility index (Phi) is 3.09. The molecule has 1 N–H and O–H groups in total. The van der Waals surface area contributed by atoms with Crippen molar-refractivity contribution in [2.24, 2.45) is 0 Å². The molecule has 0 fully saturated rings. The molecule has 1 rings (SSSR count). The highest BCUT2D eigenvalue weighted by Crippen LogP contribution is 2.11. The number of non-ortho nitro benzene ring substituents is 1. The van der Waals surface area contributed by atoms with Crippen LogP contribution in [-0.2, 0) is 0 Å². The number of hydrogen-bond acceptors (Lipinski definition) is 4. The smallest absolute Gasteiger partial charge is 0.269 e. The van der Waals surface area contributed by atoms with E-state index in [9.17, 15) is 10.1 Å². The lowest BCUT2D eigenvalue weighted by molar-refractivity contribution is -0.384. The number of thiocarbonyl (C=S) groups is 1. The molecule has 0 heterocycles. The van der Waals surface area contributed by atoms with Gasteiger partial charge in [0.05, 0.1) is 4.92 Å². The van der Waals surface area contributed by atoms with E-state index in [1.54, 1.807) is 6.19 Å². The first-order valence-electron chi connectivity index (χ1n) is 3.59. The molecule has 1 aromatic rings. The summed E-state index contributed by atoms with van der Waals surface area (Å²) < 4.78 is 0. The maximum atomic E-state index is 10.3. The summed E-state index contributed by atoms with van der Waals surface area (Å²) >= 11 is 4.83. The summed E-state index contributed by atoms with van der Waals surface area (Å²) in [7, 11) is 0. The van der Waals surface area contributed by atoms with Crippen molar-refractivity contribution >= 4 is 22.9 Å². The Hall–Kier alpha value is -2.00. The standard InChI is InChI=1S/C8H5N3O2S/c9-5-10-8(14)6-1-3-7(4-2-6)11(12)13/h1-4H,(H,10,14). The molecule has 0 unspecified atom stereocenters. The minimum Gasteiger partial charge on any atom is -0.283 e. The van der Waals surface area contributed by atoms with Crippen LogP contribution in [0.5, 0.6) is 0 Å². The zero-order chi connectivity index (χ0) is 10.6. The van der Waals surface area contributed by atoms with Gasteiger partial charge < -0.3 is 0 Å². The summed E-state index contributed by atoms with van der Waals surface area (Å²) in [6, 6.07) is 5.65. The number of rotatable bonds is 2. The summed E-state index contributed by atoms with van der Waals surface area (Å²) in [6.07, 6.45) is 1.68. The minimum absolute atomic E-state index is 0.00601. The van der Waals surface area contributed by atoms with Crippen molar-refractivity contribution in [1.29, 1.82) is 5.26 Å². The van der Waals surface area contributed by atoms with Crippen LogP contribution in [0.25, 0.3) is 0 Å². The third-order valence-electron chi connectivity index (χ3n) is 1.51. The number of nitro groups is 1. The van der Waals surface area contributed by atoms with Gasteiger partial charge in [-0.05, 0) is 12.1 Å². The highest BCUT2D eigenvalue weighted by Gasteiger charge is 2.05. The van der Waals surface area contributed by atoms with Crippen molar-refractivity contribution in [3.63, 3.8) is 0 Å². The first-order valence-corrected chi connectivity index (χ1v) is 4.00. The molecular weight excluding hydrogens is 202 g/mol. The van der Waals surface area contributed by atoms with E-state index >= 15 is 0 Å². The molecule has 0 aliphatic carbocycles. The Morgan fingerprint density at radius 2 is 2.07 bits per heavy atom. The normalized spacial score (nSPS) is 8.79. The molecule has 5 nitrogen and oxygen atoms in total. The Morgan fingerprint density at radius 1 is 1.50 bits per heavy atom. The third-order valence-corrected chi connectivity index (χ3v) is 1.85. The van der Waals surface area contributed by atoms with Gasteiger partial charge in [0, 0.05) is 17.7 Å². The molecule has 0 aliphatic rings. The van der Waals surface area contributed by atoms with Gasteiger partial charge in [-0.1, -0.05) is 12.2 Å². The van der Waals surface area contributed by atoms with Gasteiger partial charge in [0.15, 0.2) is 6.19 Å². The summed E-state index contributed by atoms with van der Waals surface area (Å²) in [5, 5.41) is 20.9. The molecule has 0 saturated heterocycles. The van der Waals surface area contributed by atoms with Gasteiger partial charge in [-0.2, -0.15) is 5.26 Å². The molecular formula is C8H5N3O2S. The zero-order valence-corrected chi connectivity index (χ0v) is 7.75. The molecule has 14 heavy (non-hydrogen) atoms. The van der Waals surface area contributed by atoms with Crippen LogP contribution in [0.1, 0.15) is 5.56 Å². The fourth-order valence-electron chi connectivity index (χ4n) is 0.857. The quantitative estimate of drug-likeness (QED) is 0.260. The van der Waals surface area contributed by atoms with Gasteiger partial charge in [0.25, 0.3) is 5.69 Å². The van der Waals surface area contributed by atoms with Crippen LogP contribution in [-0.4, -0.2) is 9.91 Å². The van der Waals surface area contributed by atoms with Crippen molar-refractivity contribution in [2.45, 2.75) is 0 Å². The number of benzene rings is 1. The summed E-state index contributed by atoms with van der Waals surface area (Å²) in [5.41, 5.74) is 0.570. The second kappa shape index (κ2) is 4.30. The van der Waals surface area contributed by atoms with E-state index in [0.29, 0.717) is 5.56 Å². The Labute approximate surface area is 85.1 Å². The van der Waals surface area contributed by atoms with Crippen LogP contribution in [0.3, 0.4) is 0 Å². The van der Waals surface area contributed by atoms with Crippen LogP contribution in [0.2, 0.25) is 0 Å². The van der Waals surface area contributed by atoms with Crippen LogP contribution in [0.4, 0.5) is 5.69 Å². The Bertz CT molecular complexity index is 408. The Balaban J connectivity index is 2.89. The fraction of sp³-hybridized carbons (Fsp3) is 0. The van der Waals surface area contributed by atoms with Gasteiger partial charge in [-0.3, -0.25) is 15.4 Å². The van der Waals surface area contributed by atoms with Crippen molar-refractivity contribution in [1.82, 2.24) is 5.32 Å². The highest BCUT2D eigenvalue weighted by molar-refractivity contribution is 7.80. The number of nitrogens with one attached hydrogen (secondary N) is 1. The second-order valence-corrected chi connectivity index (χ2v) is 2.78. The van der Waals surface area contributed by atoms with Crippen LogP contribution < -0.4 is 5.32 Å². The van der Waals surface area contributed by atoms with E-state index in [-0.39, 0.29) is 10.7 Å². The van der Waals surface area contributed by atoms with Crippen molar-refractivity contribution in [3.05, 3.63) is 39.9 Å². The van der Waals surface area contributed by atoms with Crippen LogP contribution >= 0.6 is 12.2 Å². The first-order chi connectivity index (χ1) is 6.65. The van der Waals surface area contributed by atoms with E-state index in [1.165, 1.54) is 24.3 Å². The summed E-state index contributed by atoms with van der Waals surface area (Å²) in [6.45, 7) is 0. The lowest BCUT2D eigenvalue weighted by Crippen LogP contribution is -2.15. The van der Waals surface area contributed by atoms with E-state index in [1.807, 2.05) is 0 Å². The molecule has 0 bridgehead atoms. The summed E-state index contributed by atoms with van der Waals surface area (Å²) in [4.78, 5) is 10.1. The maximum absolute atomic E-state index is 10.3. The van der Waals surface area contributed by atoms with E-state index in [0.717, 1.165) is 0 Å². The molecule has 1 aromatic carbocycles. The van der Waals surface area contributed by atoms with Gasteiger partial charge >= 0.3 is 0 Å². The van der Waals surface area contributed by atoms with Gasteiger partial charge in [0.2, 0.25) is 0 Å². The average molecular weight is 207 g/mol. The molecule has 6 heteroatoms. The van der Waals surface area contributed by atoms with E-state index in [4.69, 9.17) is 17.5 Å². The molecule has 0 amide bonds. The lowest BCUT2D eigenvalue weighted by atomic mass is 10.2. The second-order valence-electron chi connectivity index (χ2n) is 2.37. The molecule has 0 spiro atoms. The zero-order valence-electron chi connectivity index (χ0n) is 6.93. The Morgan fingerprint density at radius 3 is 2.50 bits per heavy atom. The van der Waals surface area contributed by atoms with Crippen LogP contribution in [0, 0.1) is 21.6 Å². The van der Waals surface area contributed by atoms with Crippen molar-refractivity contribution in [3.8, 4) is 6.19 Å². The highest BCUT2D eigenvalue weighted by atomic mass is 32.1. The predicted octanol–water partition coefficient (Wildman–Crippen LogP) is 1.34. The van der Waals surface area contributed by atoms with Gasteiger partial charge in [-0.25, -0.2) is 0 Å². The van der Waals surface area contributed by atoms with Crippen molar-refractivity contribution in [2.75, 3.05) is 0 Å². The average Bonchev–Trinajstić information content (AvgIpc) is 2.18. The molecule has 0 radical (unpaired) electrons. The van der Waals surface area contributed by atoms with Gasteiger partial charge in [0.1, 0.15) is 4.99 Å². The van der Waals surface area contributed by atoms with Crippen molar-refractivity contribution < 1.29 is 4.92 Å². The molecule has 0 saturated carbocycles. The minimum atomic E-state index is -0.495. The monoisotopic (exact) mass is 207 g/mol. The van der Waals surface area contributed by atoms with Gasteiger partial charge in [-0.15, -0.1) is 0 Å². The van der Waals surface area contributed by atoms with E-state index in [2.05, 4.69) is 5.32 Å². The number of nitriles is 1. The number of nitrogens with zero attached hydrogens (tertiary/aromatic N) is 2.